The maximum Gasteiger partial charge on any atom is 0.258 e. The first-order chi connectivity index (χ1) is 16.9. The molecule has 1 aliphatic rings. The van der Waals surface area contributed by atoms with Gasteiger partial charge in [-0.1, -0.05) is 0 Å². The first kappa shape index (κ1) is 21.6. The molecular weight excluding hydrogens is 448 g/mol. The van der Waals surface area contributed by atoms with E-state index in [0.717, 1.165) is 11.1 Å². The SMILES string of the molecule is CC(Oc1cc(C#N)c(-c2nc3c([nH]2)-c2ccncc2Nc2ncccc2-3)c(C(N)=O)c1)C(N)=O. The molecule has 11 heteroatoms. The van der Waals surface area contributed by atoms with Crippen molar-refractivity contribution in [1.82, 2.24) is 19.9 Å². The average molecular weight is 466 g/mol. The van der Waals surface area contributed by atoms with E-state index in [0.29, 0.717) is 22.9 Å². The zero-order chi connectivity index (χ0) is 24.7. The number of rotatable bonds is 5. The van der Waals surface area contributed by atoms with Crippen LogP contribution < -0.4 is 21.5 Å². The quantitative estimate of drug-likeness (QED) is 0.304. The first-order valence-electron chi connectivity index (χ1n) is 10.5. The zero-order valence-electron chi connectivity index (χ0n) is 18.4. The van der Waals surface area contributed by atoms with Crippen LogP contribution in [0.1, 0.15) is 22.8 Å². The number of pyridine rings is 2. The Hall–Kier alpha value is -5.24. The molecule has 0 radical (unpaired) electrons. The molecule has 4 aromatic rings. The van der Waals surface area contributed by atoms with Gasteiger partial charge in [0.15, 0.2) is 6.10 Å². The number of hydrogen-bond acceptors (Lipinski definition) is 8. The number of hydrogen-bond donors (Lipinski definition) is 4. The van der Waals surface area contributed by atoms with Crippen molar-refractivity contribution in [2.75, 3.05) is 5.32 Å². The summed E-state index contributed by atoms with van der Waals surface area (Å²) in [6.45, 7) is 1.46. The van der Waals surface area contributed by atoms with E-state index in [4.69, 9.17) is 21.2 Å². The summed E-state index contributed by atoms with van der Waals surface area (Å²) in [6.07, 6.45) is 4.00. The number of nitrogens with one attached hydrogen (secondary N) is 2. The van der Waals surface area contributed by atoms with Gasteiger partial charge >= 0.3 is 0 Å². The number of benzene rings is 1. The Labute approximate surface area is 198 Å². The summed E-state index contributed by atoms with van der Waals surface area (Å²) in [5, 5.41) is 13.2. The minimum Gasteiger partial charge on any atom is -0.481 e. The lowest BCUT2D eigenvalue weighted by Crippen LogP contribution is -2.30. The average Bonchev–Trinajstić information content (AvgIpc) is 3.23. The zero-order valence-corrected chi connectivity index (χ0v) is 18.4. The molecular formula is C24H18N8O3. The molecule has 172 valence electrons. The highest BCUT2D eigenvalue weighted by Crippen LogP contribution is 2.43. The summed E-state index contributed by atoms with van der Waals surface area (Å²) in [5.74, 6) is -0.549. The Morgan fingerprint density at radius 3 is 2.74 bits per heavy atom. The van der Waals surface area contributed by atoms with Crippen molar-refractivity contribution in [2.24, 2.45) is 11.5 Å². The van der Waals surface area contributed by atoms with E-state index < -0.39 is 17.9 Å². The lowest BCUT2D eigenvalue weighted by Gasteiger charge is -2.14. The molecule has 0 bridgehead atoms. The number of aromatic nitrogens is 4. The van der Waals surface area contributed by atoms with E-state index in [1.54, 1.807) is 24.7 Å². The summed E-state index contributed by atoms with van der Waals surface area (Å²) in [4.78, 5) is 40.5. The van der Waals surface area contributed by atoms with Crippen molar-refractivity contribution in [2.45, 2.75) is 13.0 Å². The smallest absolute Gasteiger partial charge is 0.258 e. The minimum atomic E-state index is -0.977. The number of nitrogens with two attached hydrogens (primary N) is 2. The van der Waals surface area contributed by atoms with Gasteiger partial charge in [-0.05, 0) is 37.3 Å². The van der Waals surface area contributed by atoms with Crippen molar-refractivity contribution < 1.29 is 14.3 Å². The number of carbonyl (C=O) groups is 2. The third-order valence-electron chi connectivity index (χ3n) is 5.56. The van der Waals surface area contributed by atoms with Crippen LogP contribution in [0.15, 0.2) is 48.9 Å². The summed E-state index contributed by atoms with van der Waals surface area (Å²) in [7, 11) is 0. The van der Waals surface area contributed by atoms with E-state index in [1.165, 1.54) is 19.1 Å². The van der Waals surface area contributed by atoms with Gasteiger partial charge in [-0.25, -0.2) is 9.97 Å². The number of imidazole rings is 1. The molecule has 3 aromatic heterocycles. The van der Waals surface area contributed by atoms with Crippen molar-refractivity contribution in [3.63, 3.8) is 0 Å². The Balaban J connectivity index is 1.74. The van der Waals surface area contributed by atoms with Gasteiger partial charge < -0.3 is 26.5 Å². The van der Waals surface area contributed by atoms with Crippen LogP contribution in [0.5, 0.6) is 5.75 Å². The number of fused-ring (bicyclic) bond motifs is 5. The van der Waals surface area contributed by atoms with Gasteiger partial charge in [0.2, 0.25) is 5.91 Å². The Bertz CT molecular complexity index is 1490. The predicted octanol–water partition coefficient (Wildman–Crippen LogP) is 2.48. The number of H-pyrrole nitrogens is 1. The van der Waals surface area contributed by atoms with Gasteiger partial charge in [-0.2, -0.15) is 5.26 Å². The van der Waals surface area contributed by atoms with Crippen LogP contribution in [0.25, 0.3) is 33.9 Å². The highest BCUT2D eigenvalue weighted by molar-refractivity contribution is 6.02. The van der Waals surface area contributed by atoms with Crippen molar-refractivity contribution >= 4 is 23.3 Å². The van der Waals surface area contributed by atoms with Gasteiger partial charge in [0, 0.05) is 29.1 Å². The third-order valence-corrected chi connectivity index (χ3v) is 5.56. The summed E-state index contributed by atoms with van der Waals surface area (Å²) >= 11 is 0. The molecule has 1 unspecified atom stereocenters. The molecule has 0 saturated heterocycles. The maximum absolute atomic E-state index is 12.4. The summed E-state index contributed by atoms with van der Waals surface area (Å²) in [6, 6.07) is 10.3. The number of carbonyl (C=O) groups excluding carboxylic acids is 2. The molecule has 0 saturated carbocycles. The van der Waals surface area contributed by atoms with Gasteiger partial charge in [0.25, 0.3) is 5.91 Å². The number of aromatic amines is 1. The number of amides is 2. The molecule has 4 heterocycles. The molecule has 6 N–H and O–H groups in total. The lowest BCUT2D eigenvalue weighted by molar-refractivity contribution is -0.123. The predicted molar refractivity (Wildman–Crippen MR) is 126 cm³/mol. The second-order valence-corrected chi connectivity index (χ2v) is 7.79. The normalized spacial score (nSPS) is 12.1. The van der Waals surface area contributed by atoms with Gasteiger partial charge in [-0.15, -0.1) is 0 Å². The molecule has 2 amide bonds. The second-order valence-electron chi connectivity index (χ2n) is 7.79. The van der Waals surface area contributed by atoms with Crippen LogP contribution in [0, 0.1) is 11.3 Å². The van der Waals surface area contributed by atoms with Crippen molar-refractivity contribution in [3.05, 3.63) is 60.0 Å². The van der Waals surface area contributed by atoms with E-state index in [1.807, 2.05) is 12.1 Å². The molecule has 0 fully saturated rings. The highest BCUT2D eigenvalue weighted by atomic mass is 16.5. The summed E-state index contributed by atoms with van der Waals surface area (Å²) in [5.41, 5.74) is 14.7. The van der Waals surface area contributed by atoms with E-state index in [9.17, 15) is 14.9 Å². The van der Waals surface area contributed by atoms with E-state index in [2.05, 4.69) is 26.3 Å². The molecule has 35 heavy (non-hydrogen) atoms. The van der Waals surface area contributed by atoms with Crippen LogP contribution in [-0.2, 0) is 4.79 Å². The lowest BCUT2D eigenvalue weighted by atomic mass is 9.99. The van der Waals surface area contributed by atoms with E-state index >= 15 is 0 Å². The van der Waals surface area contributed by atoms with Crippen LogP contribution in [-0.4, -0.2) is 37.9 Å². The molecule has 0 spiro atoms. The number of anilines is 2. The topological polar surface area (TPSA) is 186 Å². The number of ether oxygens (including phenoxy) is 1. The Kier molecular flexibility index (Phi) is 5.10. The minimum absolute atomic E-state index is 0.000818. The molecule has 11 nitrogen and oxygen atoms in total. The fourth-order valence-corrected chi connectivity index (χ4v) is 3.90. The van der Waals surface area contributed by atoms with Crippen LogP contribution >= 0.6 is 0 Å². The van der Waals surface area contributed by atoms with Crippen molar-refractivity contribution in [1.29, 1.82) is 5.26 Å². The molecule has 5 rings (SSSR count). The monoisotopic (exact) mass is 466 g/mol. The third kappa shape index (κ3) is 3.68. The highest BCUT2D eigenvalue weighted by Gasteiger charge is 2.27. The molecule has 1 atom stereocenters. The number of nitrogens with zero attached hydrogens (tertiary/aromatic N) is 4. The maximum atomic E-state index is 12.4. The van der Waals surface area contributed by atoms with Crippen LogP contribution in [0.3, 0.4) is 0 Å². The van der Waals surface area contributed by atoms with Crippen molar-refractivity contribution in [3.8, 4) is 45.7 Å². The second kappa shape index (κ2) is 8.27. The molecule has 1 aromatic carbocycles. The van der Waals surface area contributed by atoms with Gasteiger partial charge in [0.1, 0.15) is 29.2 Å². The largest absolute Gasteiger partial charge is 0.481 e. The van der Waals surface area contributed by atoms with Crippen LogP contribution in [0.4, 0.5) is 11.5 Å². The van der Waals surface area contributed by atoms with Gasteiger partial charge in [-0.3, -0.25) is 14.6 Å². The summed E-state index contributed by atoms with van der Waals surface area (Å²) < 4.78 is 5.50. The Morgan fingerprint density at radius 1 is 1.17 bits per heavy atom. The first-order valence-corrected chi connectivity index (χ1v) is 10.5. The standard InChI is InChI=1S/C24H18N8O3/c1-11(21(26)33)35-13-7-12(9-25)18(16(8-13)22(27)34)24-31-19-14-4-6-28-10-17(14)30-23-15(20(19)32-24)3-2-5-29-23/h2-8,10-11H,1H3,(H2,26,33)(H2,27,34)(H,29,30)(H,31,32). The van der Waals surface area contributed by atoms with Crippen LogP contribution in [0.2, 0.25) is 0 Å². The fraction of sp³-hybridized carbons (Fsp3) is 0.0833. The molecule has 0 aliphatic carbocycles. The number of primary amides is 2. The number of nitriles is 1. The van der Waals surface area contributed by atoms with E-state index in [-0.39, 0.29) is 28.3 Å². The molecule has 1 aliphatic heterocycles. The Morgan fingerprint density at radius 2 is 2.00 bits per heavy atom. The van der Waals surface area contributed by atoms with Gasteiger partial charge in [0.05, 0.1) is 28.7 Å². The fourth-order valence-electron chi connectivity index (χ4n) is 3.90.